The van der Waals surface area contributed by atoms with Crippen molar-refractivity contribution in [1.82, 2.24) is 4.98 Å². The summed E-state index contributed by atoms with van der Waals surface area (Å²) in [7, 11) is 0. The molecular weight excluding hydrogens is 330 g/mol. The molecule has 0 aliphatic rings. The summed E-state index contributed by atoms with van der Waals surface area (Å²) in [6.07, 6.45) is 0. The highest BCUT2D eigenvalue weighted by Gasteiger charge is 2.20. The number of aryl methyl sites for hydroxylation is 1. The van der Waals surface area contributed by atoms with E-state index in [1.807, 2.05) is 13.0 Å². The lowest BCUT2D eigenvalue weighted by Gasteiger charge is -1.97. The van der Waals surface area contributed by atoms with Crippen molar-refractivity contribution in [3.8, 4) is 5.88 Å². The SMILES string of the molecule is Cc1cccc2c(N=Nc3ccc([N+](=O)[O-])cc3[N+](=O)[O-])c(O)[nH]c12. The molecule has 2 N–H and O–H groups in total. The molecule has 10 heteroatoms. The first-order valence-electron chi connectivity index (χ1n) is 7.03. The van der Waals surface area contributed by atoms with E-state index in [-0.39, 0.29) is 17.3 Å². The molecule has 3 aromatic rings. The van der Waals surface area contributed by atoms with Crippen molar-refractivity contribution in [2.75, 3.05) is 0 Å². The highest BCUT2D eigenvalue weighted by Crippen LogP contribution is 2.39. The number of aromatic nitrogens is 1. The highest BCUT2D eigenvalue weighted by atomic mass is 16.6. The van der Waals surface area contributed by atoms with Crippen molar-refractivity contribution in [1.29, 1.82) is 0 Å². The first-order chi connectivity index (χ1) is 11.9. The molecule has 0 saturated heterocycles. The number of hydrogen-bond donors (Lipinski definition) is 2. The number of rotatable bonds is 4. The number of nitrogens with one attached hydrogen (secondary N) is 1. The minimum Gasteiger partial charge on any atom is -0.493 e. The summed E-state index contributed by atoms with van der Waals surface area (Å²) >= 11 is 0. The van der Waals surface area contributed by atoms with Crippen LogP contribution in [0.4, 0.5) is 22.7 Å². The molecule has 0 amide bonds. The summed E-state index contributed by atoms with van der Waals surface area (Å²) in [5.74, 6) is -0.224. The maximum atomic E-state index is 11.1. The topological polar surface area (TPSA) is 147 Å². The van der Waals surface area contributed by atoms with Gasteiger partial charge in [-0.15, -0.1) is 10.2 Å². The van der Waals surface area contributed by atoms with Crippen LogP contribution in [0.2, 0.25) is 0 Å². The Labute approximate surface area is 139 Å². The molecule has 25 heavy (non-hydrogen) atoms. The first-order valence-corrected chi connectivity index (χ1v) is 7.03. The largest absolute Gasteiger partial charge is 0.493 e. The van der Waals surface area contributed by atoms with Crippen LogP contribution in [0.25, 0.3) is 10.9 Å². The second kappa shape index (κ2) is 6.00. The Bertz CT molecular complexity index is 1040. The fraction of sp³-hybridized carbons (Fsp3) is 0.0667. The molecule has 126 valence electrons. The Morgan fingerprint density at radius 1 is 1.08 bits per heavy atom. The second-order valence-electron chi connectivity index (χ2n) is 5.21. The zero-order chi connectivity index (χ0) is 18.1. The first kappa shape index (κ1) is 16.1. The van der Waals surface area contributed by atoms with Gasteiger partial charge < -0.3 is 10.1 Å². The van der Waals surface area contributed by atoms with Gasteiger partial charge in [0.1, 0.15) is 0 Å². The number of azo groups is 1. The van der Waals surface area contributed by atoms with E-state index in [1.54, 1.807) is 12.1 Å². The van der Waals surface area contributed by atoms with E-state index in [0.717, 1.165) is 23.8 Å². The van der Waals surface area contributed by atoms with Crippen molar-refractivity contribution >= 4 is 33.7 Å². The van der Waals surface area contributed by atoms with E-state index in [9.17, 15) is 25.3 Å². The van der Waals surface area contributed by atoms with Crippen molar-refractivity contribution < 1.29 is 15.0 Å². The number of fused-ring (bicyclic) bond motifs is 1. The van der Waals surface area contributed by atoms with E-state index in [0.29, 0.717) is 10.9 Å². The van der Waals surface area contributed by atoms with E-state index < -0.39 is 21.2 Å². The summed E-state index contributed by atoms with van der Waals surface area (Å²) in [6, 6.07) is 8.39. The number of para-hydroxylation sites is 1. The third kappa shape index (κ3) is 2.87. The van der Waals surface area contributed by atoms with Crippen molar-refractivity contribution in [2.45, 2.75) is 6.92 Å². The lowest BCUT2D eigenvalue weighted by molar-refractivity contribution is -0.393. The summed E-state index contributed by atoms with van der Waals surface area (Å²) in [6.45, 7) is 1.85. The van der Waals surface area contributed by atoms with Crippen molar-refractivity contribution in [3.05, 3.63) is 62.2 Å². The third-order valence-corrected chi connectivity index (χ3v) is 3.62. The number of benzene rings is 2. The third-order valence-electron chi connectivity index (χ3n) is 3.62. The number of aromatic amines is 1. The molecule has 0 saturated carbocycles. The number of aromatic hydroxyl groups is 1. The fourth-order valence-corrected chi connectivity index (χ4v) is 2.40. The monoisotopic (exact) mass is 341 g/mol. The predicted octanol–water partition coefficient (Wildman–Crippen LogP) is 4.41. The molecule has 10 nitrogen and oxygen atoms in total. The van der Waals surface area contributed by atoms with Crippen molar-refractivity contribution in [2.24, 2.45) is 10.2 Å². The fourth-order valence-electron chi connectivity index (χ4n) is 2.40. The number of H-pyrrole nitrogens is 1. The lowest BCUT2D eigenvalue weighted by atomic mass is 10.1. The van der Waals surface area contributed by atoms with Crippen LogP contribution in [0.5, 0.6) is 5.88 Å². The average Bonchev–Trinajstić information content (AvgIpc) is 2.89. The molecular formula is C15H11N5O5. The Kier molecular flexibility index (Phi) is 3.85. The van der Waals surface area contributed by atoms with E-state index in [1.165, 1.54) is 0 Å². The number of non-ortho nitro benzene ring substituents is 1. The van der Waals surface area contributed by atoms with E-state index in [2.05, 4.69) is 15.2 Å². The molecule has 1 heterocycles. The minimum absolute atomic E-state index is 0.131. The summed E-state index contributed by atoms with van der Waals surface area (Å²) in [5, 5.41) is 40.1. The molecule has 0 aliphatic carbocycles. The minimum atomic E-state index is -0.777. The molecule has 0 spiro atoms. The smallest absolute Gasteiger partial charge is 0.303 e. The number of hydrogen-bond acceptors (Lipinski definition) is 7. The van der Waals surface area contributed by atoms with Crippen LogP contribution in [-0.2, 0) is 0 Å². The van der Waals surface area contributed by atoms with Crippen LogP contribution in [0.15, 0.2) is 46.6 Å². The van der Waals surface area contributed by atoms with Crippen LogP contribution in [0, 0.1) is 27.2 Å². The molecule has 2 aromatic carbocycles. The Balaban J connectivity index is 2.09. The Hall–Kier alpha value is -3.82. The van der Waals surface area contributed by atoms with Gasteiger partial charge in [-0.25, -0.2) is 0 Å². The van der Waals surface area contributed by atoms with Crippen LogP contribution < -0.4 is 0 Å². The highest BCUT2D eigenvalue weighted by molar-refractivity contribution is 5.95. The molecule has 0 fully saturated rings. The van der Waals surface area contributed by atoms with Crippen LogP contribution in [0.1, 0.15) is 5.56 Å². The van der Waals surface area contributed by atoms with Crippen LogP contribution in [0.3, 0.4) is 0 Å². The van der Waals surface area contributed by atoms with Crippen LogP contribution in [-0.4, -0.2) is 19.9 Å². The molecule has 0 unspecified atom stereocenters. The maximum Gasteiger partial charge on any atom is 0.303 e. The summed E-state index contributed by atoms with van der Waals surface area (Å²) in [5.41, 5.74) is 0.566. The average molecular weight is 341 g/mol. The molecule has 3 rings (SSSR count). The molecule has 1 aromatic heterocycles. The van der Waals surface area contributed by atoms with Crippen LogP contribution >= 0.6 is 0 Å². The summed E-state index contributed by atoms with van der Waals surface area (Å²) < 4.78 is 0. The maximum absolute atomic E-state index is 11.1. The van der Waals surface area contributed by atoms with Gasteiger partial charge in [-0.3, -0.25) is 20.2 Å². The summed E-state index contributed by atoms with van der Waals surface area (Å²) in [4.78, 5) is 23.1. The van der Waals surface area contributed by atoms with Gasteiger partial charge in [-0.05, 0) is 18.6 Å². The molecule has 0 radical (unpaired) electrons. The van der Waals surface area contributed by atoms with Gasteiger partial charge in [0, 0.05) is 11.5 Å². The van der Waals surface area contributed by atoms with Gasteiger partial charge in [0.25, 0.3) is 5.69 Å². The van der Waals surface area contributed by atoms with E-state index in [4.69, 9.17) is 0 Å². The predicted molar refractivity (Wildman–Crippen MR) is 88.6 cm³/mol. The van der Waals surface area contributed by atoms with E-state index >= 15 is 0 Å². The second-order valence-corrected chi connectivity index (χ2v) is 5.21. The number of nitro groups is 2. The van der Waals surface area contributed by atoms with Gasteiger partial charge in [0.15, 0.2) is 11.4 Å². The van der Waals surface area contributed by atoms with Crippen molar-refractivity contribution in [3.63, 3.8) is 0 Å². The molecule has 0 aliphatic heterocycles. The zero-order valence-electron chi connectivity index (χ0n) is 12.8. The normalized spacial score (nSPS) is 11.2. The Morgan fingerprint density at radius 2 is 1.84 bits per heavy atom. The lowest BCUT2D eigenvalue weighted by Crippen LogP contribution is -1.92. The van der Waals surface area contributed by atoms with Gasteiger partial charge in [-0.1, -0.05) is 18.2 Å². The number of nitrogens with zero attached hydrogens (tertiary/aromatic N) is 4. The molecule has 0 bridgehead atoms. The van der Waals surface area contributed by atoms with Gasteiger partial charge >= 0.3 is 5.69 Å². The molecule has 0 atom stereocenters. The quantitative estimate of drug-likeness (QED) is 0.409. The van der Waals surface area contributed by atoms with Gasteiger partial charge in [0.2, 0.25) is 5.88 Å². The Morgan fingerprint density at radius 3 is 2.52 bits per heavy atom. The standard InChI is InChI=1S/C15H11N5O5/c1-8-3-2-4-10-13(8)16-15(21)14(10)18-17-11-6-5-9(19(22)23)7-12(11)20(24)25/h2-7,16,21H,1H3. The van der Waals surface area contributed by atoms with Gasteiger partial charge in [0.05, 0.1) is 21.4 Å². The number of nitro benzene ring substituents is 2. The van der Waals surface area contributed by atoms with Gasteiger partial charge in [-0.2, -0.15) is 0 Å². The zero-order valence-corrected chi connectivity index (χ0v) is 12.8.